The highest BCUT2D eigenvalue weighted by Gasteiger charge is 2.09. The summed E-state index contributed by atoms with van der Waals surface area (Å²) in [7, 11) is 0. The van der Waals surface area contributed by atoms with Gasteiger partial charge in [-0.3, -0.25) is 0 Å². The fourth-order valence-electron chi connectivity index (χ4n) is 1.43. The molecular weight excluding hydrogens is 204 g/mol. The normalized spacial score (nSPS) is 12.4. The molecule has 2 aromatic rings. The summed E-state index contributed by atoms with van der Waals surface area (Å²) in [5.41, 5.74) is 2.17. The predicted octanol–water partition coefficient (Wildman–Crippen LogP) is 1.30. The van der Waals surface area contributed by atoms with Crippen molar-refractivity contribution in [2.75, 3.05) is 0 Å². The van der Waals surface area contributed by atoms with E-state index in [1.807, 2.05) is 6.92 Å². The van der Waals surface area contributed by atoms with Gasteiger partial charge in [-0.1, -0.05) is 0 Å². The van der Waals surface area contributed by atoms with Crippen molar-refractivity contribution < 1.29 is 5.11 Å². The standard InChI is InChI=1S/C11H12N4O/c1-7-9(8(2)16)5-13-11(15-7)10-3-4-12-6-14-10/h3-6,8,16H,1-2H3/t8-/m1/s1. The van der Waals surface area contributed by atoms with Gasteiger partial charge in [-0.25, -0.2) is 19.9 Å². The van der Waals surface area contributed by atoms with Crippen LogP contribution in [0.25, 0.3) is 11.5 Å². The third-order valence-electron chi connectivity index (χ3n) is 2.28. The van der Waals surface area contributed by atoms with E-state index in [9.17, 15) is 5.11 Å². The van der Waals surface area contributed by atoms with Gasteiger partial charge in [-0.15, -0.1) is 0 Å². The number of aliphatic hydroxyl groups is 1. The summed E-state index contributed by atoms with van der Waals surface area (Å²) in [5.74, 6) is 0.546. The van der Waals surface area contributed by atoms with Gasteiger partial charge in [0, 0.05) is 23.7 Å². The molecule has 0 aliphatic carbocycles. The summed E-state index contributed by atoms with van der Waals surface area (Å²) in [6, 6.07) is 1.75. The SMILES string of the molecule is Cc1nc(-c2ccncn2)ncc1[C@@H](C)O. The minimum atomic E-state index is -0.556. The zero-order chi connectivity index (χ0) is 11.5. The summed E-state index contributed by atoms with van der Waals surface area (Å²) in [6.07, 6.45) is 4.17. The van der Waals surface area contributed by atoms with Gasteiger partial charge >= 0.3 is 0 Å². The van der Waals surface area contributed by atoms with Crippen molar-refractivity contribution in [3.8, 4) is 11.5 Å². The van der Waals surface area contributed by atoms with Crippen molar-refractivity contribution in [2.45, 2.75) is 20.0 Å². The number of hydrogen-bond acceptors (Lipinski definition) is 5. The Labute approximate surface area is 93.3 Å². The number of rotatable bonds is 2. The fourth-order valence-corrected chi connectivity index (χ4v) is 1.43. The van der Waals surface area contributed by atoms with E-state index < -0.39 is 6.10 Å². The zero-order valence-electron chi connectivity index (χ0n) is 9.12. The van der Waals surface area contributed by atoms with Gasteiger partial charge < -0.3 is 5.11 Å². The number of aromatic nitrogens is 4. The van der Waals surface area contributed by atoms with Crippen LogP contribution in [0.3, 0.4) is 0 Å². The van der Waals surface area contributed by atoms with Gasteiger partial charge in [0.1, 0.15) is 12.0 Å². The predicted molar refractivity (Wildman–Crippen MR) is 58.4 cm³/mol. The third-order valence-corrected chi connectivity index (χ3v) is 2.28. The lowest BCUT2D eigenvalue weighted by Gasteiger charge is -2.08. The molecule has 5 heteroatoms. The molecule has 1 atom stereocenters. The third kappa shape index (κ3) is 2.04. The maximum absolute atomic E-state index is 9.46. The molecule has 1 N–H and O–H groups in total. The molecule has 0 bridgehead atoms. The maximum Gasteiger partial charge on any atom is 0.178 e. The van der Waals surface area contributed by atoms with E-state index in [1.165, 1.54) is 6.33 Å². The Kier molecular flexibility index (Phi) is 2.87. The summed E-state index contributed by atoms with van der Waals surface area (Å²) in [5, 5.41) is 9.46. The van der Waals surface area contributed by atoms with Crippen LogP contribution in [-0.4, -0.2) is 25.0 Å². The van der Waals surface area contributed by atoms with Crippen molar-refractivity contribution in [1.82, 2.24) is 19.9 Å². The van der Waals surface area contributed by atoms with Gasteiger partial charge in [0.15, 0.2) is 5.82 Å². The Morgan fingerprint density at radius 2 is 2.12 bits per heavy atom. The lowest BCUT2D eigenvalue weighted by molar-refractivity contribution is 0.197. The molecule has 0 radical (unpaired) electrons. The molecular formula is C11H12N4O. The lowest BCUT2D eigenvalue weighted by atomic mass is 10.1. The molecule has 5 nitrogen and oxygen atoms in total. The largest absolute Gasteiger partial charge is 0.389 e. The Hall–Kier alpha value is -1.88. The van der Waals surface area contributed by atoms with E-state index >= 15 is 0 Å². The maximum atomic E-state index is 9.46. The number of aliphatic hydroxyl groups excluding tert-OH is 1. The van der Waals surface area contributed by atoms with Crippen molar-refractivity contribution in [1.29, 1.82) is 0 Å². The fraction of sp³-hybridized carbons (Fsp3) is 0.273. The van der Waals surface area contributed by atoms with E-state index in [-0.39, 0.29) is 0 Å². The minimum Gasteiger partial charge on any atom is -0.389 e. The molecule has 0 fully saturated rings. The van der Waals surface area contributed by atoms with E-state index in [4.69, 9.17) is 0 Å². The van der Waals surface area contributed by atoms with Crippen LogP contribution < -0.4 is 0 Å². The molecule has 2 heterocycles. The van der Waals surface area contributed by atoms with Crippen LogP contribution in [0, 0.1) is 6.92 Å². The summed E-state index contributed by atoms with van der Waals surface area (Å²) in [4.78, 5) is 16.4. The molecule has 0 amide bonds. The topological polar surface area (TPSA) is 71.8 Å². The molecule has 0 aromatic carbocycles. The first-order valence-electron chi connectivity index (χ1n) is 4.96. The molecule has 0 spiro atoms. The van der Waals surface area contributed by atoms with Crippen LogP contribution in [0.15, 0.2) is 24.8 Å². The summed E-state index contributed by atoms with van der Waals surface area (Å²) < 4.78 is 0. The Balaban J connectivity index is 2.43. The van der Waals surface area contributed by atoms with Crippen LogP contribution >= 0.6 is 0 Å². The number of aryl methyl sites for hydroxylation is 1. The van der Waals surface area contributed by atoms with E-state index in [2.05, 4.69) is 19.9 Å². The Bertz CT molecular complexity index is 485. The second-order valence-electron chi connectivity index (χ2n) is 3.50. The molecule has 0 saturated carbocycles. The second-order valence-corrected chi connectivity index (χ2v) is 3.50. The van der Waals surface area contributed by atoms with Crippen molar-refractivity contribution in [3.63, 3.8) is 0 Å². The Morgan fingerprint density at radius 3 is 2.69 bits per heavy atom. The van der Waals surface area contributed by atoms with Gasteiger partial charge in [-0.05, 0) is 19.9 Å². The van der Waals surface area contributed by atoms with Crippen molar-refractivity contribution >= 4 is 0 Å². The summed E-state index contributed by atoms with van der Waals surface area (Å²) in [6.45, 7) is 3.53. The monoisotopic (exact) mass is 216 g/mol. The molecule has 82 valence electrons. The lowest BCUT2D eigenvalue weighted by Crippen LogP contribution is -2.01. The first kappa shape index (κ1) is 10.6. The van der Waals surface area contributed by atoms with E-state index in [1.54, 1.807) is 25.4 Å². The minimum absolute atomic E-state index is 0.546. The Morgan fingerprint density at radius 1 is 1.31 bits per heavy atom. The molecule has 16 heavy (non-hydrogen) atoms. The first-order chi connectivity index (χ1) is 7.68. The second kappa shape index (κ2) is 4.32. The molecule has 0 unspecified atom stereocenters. The van der Waals surface area contributed by atoms with Crippen molar-refractivity contribution in [2.24, 2.45) is 0 Å². The highest BCUT2D eigenvalue weighted by molar-refractivity contribution is 5.48. The molecule has 0 aliphatic rings. The highest BCUT2D eigenvalue weighted by atomic mass is 16.3. The number of hydrogen-bond donors (Lipinski definition) is 1. The average molecular weight is 216 g/mol. The average Bonchev–Trinajstić information content (AvgIpc) is 2.29. The highest BCUT2D eigenvalue weighted by Crippen LogP contribution is 2.17. The molecule has 0 aliphatic heterocycles. The number of nitrogens with zero attached hydrogens (tertiary/aromatic N) is 4. The smallest absolute Gasteiger partial charge is 0.178 e. The van der Waals surface area contributed by atoms with E-state index in [0.717, 1.165) is 11.3 Å². The van der Waals surface area contributed by atoms with Gasteiger partial charge in [0.05, 0.1) is 6.10 Å². The van der Waals surface area contributed by atoms with Crippen LogP contribution in [0.1, 0.15) is 24.3 Å². The van der Waals surface area contributed by atoms with Gasteiger partial charge in [0.25, 0.3) is 0 Å². The van der Waals surface area contributed by atoms with Gasteiger partial charge in [-0.2, -0.15) is 0 Å². The molecule has 2 rings (SSSR count). The van der Waals surface area contributed by atoms with Crippen molar-refractivity contribution in [3.05, 3.63) is 36.0 Å². The molecule has 0 saturated heterocycles. The van der Waals surface area contributed by atoms with Gasteiger partial charge in [0.2, 0.25) is 0 Å². The zero-order valence-corrected chi connectivity index (χ0v) is 9.12. The van der Waals surface area contributed by atoms with Crippen LogP contribution in [0.5, 0.6) is 0 Å². The summed E-state index contributed by atoms with van der Waals surface area (Å²) >= 11 is 0. The van der Waals surface area contributed by atoms with Crippen LogP contribution in [0.4, 0.5) is 0 Å². The molecule has 2 aromatic heterocycles. The quantitative estimate of drug-likeness (QED) is 0.819. The van der Waals surface area contributed by atoms with E-state index in [0.29, 0.717) is 11.5 Å². The van der Waals surface area contributed by atoms with Crippen LogP contribution in [-0.2, 0) is 0 Å². The van der Waals surface area contributed by atoms with Crippen LogP contribution in [0.2, 0.25) is 0 Å². The first-order valence-corrected chi connectivity index (χ1v) is 4.96.